The van der Waals surface area contributed by atoms with E-state index < -0.39 is 0 Å². The predicted octanol–water partition coefficient (Wildman–Crippen LogP) is 1.61. The van der Waals surface area contributed by atoms with Gasteiger partial charge in [0.05, 0.1) is 18.0 Å². The second-order valence-corrected chi connectivity index (χ2v) is 4.29. The lowest BCUT2D eigenvalue weighted by molar-refractivity contribution is 0.0911. The summed E-state index contributed by atoms with van der Waals surface area (Å²) >= 11 is 5.64. The molecule has 0 saturated heterocycles. The highest BCUT2D eigenvalue weighted by molar-refractivity contribution is 6.17. The summed E-state index contributed by atoms with van der Waals surface area (Å²) in [6.45, 7) is 3.86. The van der Waals surface area contributed by atoms with Crippen molar-refractivity contribution in [2.75, 3.05) is 5.88 Å². The normalized spacial score (nSPS) is 11.1. The molecule has 0 atom stereocenters. The fourth-order valence-electron chi connectivity index (χ4n) is 1.10. The number of carbonyl (C=O) groups excluding carboxylic acids is 1. The molecule has 1 amide bonds. The molecule has 82 valence electrons. The summed E-state index contributed by atoms with van der Waals surface area (Å²) in [7, 11) is 0. The maximum Gasteiger partial charge on any atom is 0.253 e. The summed E-state index contributed by atoms with van der Waals surface area (Å²) in [6.07, 6.45) is 3.65. The lowest BCUT2D eigenvalue weighted by Gasteiger charge is -2.25. The van der Waals surface area contributed by atoms with Crippen molar-refractivity contribution in [3.63, 3.8) is 0 Å². The van der Waals surface area contributed by atoms with Gasteiger partial charge in [-0.25, -0.2) is 0 Å². The van der Waals surface area contributed by atoms with Gasteiger partial charge in [0.2, 0.25) is 0 Å². The minimum atomic E-state index is -0.303. The van der Waals surface area contributed by atoms with Crippen LogP contribution in [0.25, 0.3) is 0 Å². The van der Waals surface area contributed by atoms with Gasteiger partial charge in [-0.15, -0.1) is 11.6 Å². The van der Waals surface area contributed by atoms with Crippen molar-refractivity contribution in [2.24, 2.45) is 0 Å². The molecule has 5 heteroatoms. The monoisotopic (exact) mass is 227 g/mol. The van der Waals surface area contributed by atoms with E-state index in [0.29, 0.717) is 11.4 Å². The highest BCUT2D eigenvalue weighted by Crippen LogP contribution is 2.10. The number of hydrogen-bond acceptors (Lipinski definition) is 3. The molecular weight excluding hydrogens is 214 g/mol. The number of aromatic nitrogens is 2. The second-order valence-electron chi connectivity index (χ2n) is 3.91. The second kappa shape index (κ2) is 5.07. The molecule has 1 aromatic heterocycles. The minimum absolute atomic E-state index is 0.153. The molecule has 0 fully saturated rings. The van der Waals surface area contributed by atoms with Gasteiger partial charge in [-0.3, -0.25) is 4.79 Å². The summed E-state index contributed by atoms with van der Waals surface area (Å²) in [6, 6.07) is 1.62. The van der Waals surface area contributed by atoms with Gasteiger partial charge in [-0.2, -0.15) is 10.2 Å². The van der Waals surface area contributed by atoms with Crippen LogP contribution in [0.2, 0.25) is 0 Å². The highest BCUT2D eigenvalue weighted by Gasteiger charge is 2.20. The van der Waals surface area contributed by atoms with E-state index in [1.165, 1.54) is 12.4 Å². The molecule has 0 unspecified atom stereocenters. The van der Waals surface area contributed by atoms with Crippen LogP contribution in [-0.2, 0) is 0 Å². The number of nitrogens with one attached hydrogen (secondary N) is 1. The fraction of sp³-hybridized carbons (Fsp3) is 0.500. The van der Waals surface area contributed by atoms with Gasteiger partial charge in [0, 0.05) is 11.4 Å². The first-order chi connectivity index (χ1) is 7.05. The fourth-order valence-corrected chi connectivity index (χ4v) is 1.58. The van der Waals surface area contributed by atoms with Crippen LogP contribution in [0.1, 0.15) is 30.6 Å². The topological polar surface area (TPSA) is 54.9 Å². The lowest BCUT2D eigenvalue weighted by Crippen LogP contribution is -2.43. The number of nitrogens with zero attached hydrogens (tertiary/aromatic N) is 2. The standard InChI is InChI=1S/C10H14ClN3O/c1-10(2,4-5-11)14-9(15)8-3-6-12-13-7-8/h3,6-7H,4-5H2,1-2H3,(H,14,15). The van der Waals surface area contributed by atoms with Crippen LogP contribution in [0.5, 0.6) is 0 Å². The molecule has 1 aromatic rings. The Morgan fingerprint density at radius 2 is 2.27 bits per heavy atom. The first-order valence-corrected chi connectivity index (χ1v) is 5.24. The quantitative estimate of drug-likeness (QED) is 0.796. The molecule has 0 aliphatic carbocycles. The van der Waals surface area contributed by atoms with E-state index in [1.54, 1.807) is 6.07 Å². The molecule has 0 spiro atoms. The van der Waals surface area contributed by atoms with Gasteiger partial charge in [0.1, 0.15) is 0 Å². The summed E-state index contributed by atoms with van der Waals surface area (Å²) in [5.74, 6) is 0.363. The Kier molecular flexibility index (Phi) is 4.03. The molecule has 0 radical (unpaired) electrons. The van der Waals surface area contributed by atoms with Crippen molar-refractivity contribution in [3.8, 4) is 0 Å². The number of halogens is 1. The van der Waals surface area contributed by atoms with Crippen LogP contribution >= 0.6 is 11.6 Å². The third-order valence-corrected chi connectivity index (χ3v) is 2.21. The predicted molar refractivity (Wildman–Crippen MR) is 58.9 cm³/mol. The molecule has 1 rings (SSSR count). The third-order valence-electron chi connectivity index (χ3n) is 2.02. The summed E-state index contributed by atoms with van der Waals surface area (Å²) < 4.78 is 0. The molecule has 0 saturated carbocycles. The van der Waals surface area contributed by atoms with Gasteiger partial charge in [-0.05, 0) is 26.3 Å². The Morgan fingerprint density at radius 3 is 2.80 bits per heavy atom. The summed E-state index contributed by atoms with van der Waals surface area (Å²) in [5.41, 5.74) is 0.204. The highest BCUT2D eigenvalue weighted by atomic mass is 35.5. The van der Waals surface area contributed by atoms with Crippen LogP contribution in [0.3, 0.4) is 0 Å². The van der Waals surface area contributed by atoms with Crippen molar-refractivity contribution >= 4 is 17.5 Å². The zero-order chi connectivity index (χ0) is 11.3. The van der Waals surface area contributed by atoms with Gasteiger partial charge in [-0.1, -0.05) is 0 Å². The van der Waals surface area contributed by atoms with E-state index in [4.69, 9.17) is 11.6 Å². The number of hydrogen-bond donors (Lipinski definition) is 1. The van der Waals surface area contributed by atoms with E-state index >= 15 is 0 Å². The van der Waals surface area contributed by atoms with Crippen molar-refractivity contribution in [1.29, 1.82) is 0 Å². The number of amides is 1. The number of rotatable bonds is 4. The van der Waals surface area contributed by atoms with Gasteiger partial charge in [0.15, 0.2) is 0 Å². The molecule has 15 heavy (non-hydrogen) atoms. The molecule has 1 heterocycles. The van der Waals surface area contributed by atoms with E-state index in [0.717, 1.165) is 6.42 Å². The van der Waals surface area contributed by atoms with Crippen LogP contribution in [0.4, 0.5) is 0 Å². The molecular formula is C10H14ClN3O. The first-order valence-electron chi connectivity index (χ1n) is 4.70. The summed E-state index contributed by atoms with van der Waals surface area (Å²) in [5, 5.41) is 10.1. The molecule has 0 aliphatic heterocycles. The third kappa shape index (κ3) is 3.83. The van der Waals surface area contributed by atoms with Crippen LogP contribution in [0.15, 0.2) is 18.5 Å². The van der Waals surface area contributed by atoms with Crippen molar-refractivity contribution in [2.45, 2.75) is 25.8 Å². The molecule has 1 N–H and O–H groups in total. The van der Waals surface area contributed by atoms with Crippen molar-refractivity contribution in [3.05, 3.63) is 24.0 Å². The zero-order valence-corrected chi connectivity index (χ0v) is 9.58. The molecule has 4 nitrogen and oxygen atoms in total. The Balaban J connectivity index is 2.64. The van der Waals surface area contributed by atoms with Crippen molar-refractivity contribution in [1.82, 2.24) is 15.5 Å². The average molecular weight is 228 g/mol. The largest absolute Gasteiger partial charge is 0.347 e. The van der Waals surface area contributed by atoms with Crippen LogP contribution < -0.4 is 5.32 Å². The maximum absolute atomic E-state index is 11.7. The van der Waals surface area contributed by atoms with Gasteiger partial charge >= 0.3 is 0 Å². The Hall–Kier alpha value is -1.16. The first kappa shape index (κ1) is 11.9. The van der Waals surface area contributed by atoms with Gasteiger partial charge < -0.3 is 5.32 Å². The lowest BCUT2D eigenvalue weighted by atomic mass is 10.0. The van der Waals surface area contributed by atoms with E-state index in [1.807, 2.05) is 13.8 Å². The smallest absolute Gasteiger partial charge is 0.253 e. The Labute approximate surface area is 94.0 Å². The Morgan fingerprint density at radius 1 is 1.53 bits per heavy atom. The Bertz CT molecular complexity index is 327. The number of alkyl halides is 1. The molecule has 0 bridgehead atoms. The van der Waals surface area contributed by atoms with E-state index in [-0.39, 0.29) is 11.4 Å². The number of carbonyl (C=O) groups is 1. The van der Waals surface area contributed by atoms with Gasteiger partial charge in [0.25, 0.3) is 5.91 Å². The molecule has 0 aromatic carbocycles. The maximum atomic E-state index is 11.7. The zero-order valence-electron chi connectivity index (χ0n) is 8.83. The summed E-state index contributed by atoms with van der Waals surface area (Å²) in [4.78, 5) is 11.7. The van der Waals surface area contributed by atoms with Crippen LogP contribution in [0, 0.1) is 0 Å². The average Bonchev–Trinajstić information content (AvgIpc) is 2.18. The SMILES string of the molecule is CC(C)(CCCl)NC(=O)c1ccnnc1. The minimum Gasteiger partial charge on any atom is -0.347 e. The van der Waals surface area contributed by atoms with Crippen molar-refractivity contribution < 1.29 is 4.79 Å². The molecule has 0 aliphatic rings. The van der Waals surface area contributed by atoms with Crippen LogP contribution in [-0.4, -0.2) is 27.5 Å². The van der Waals surface area contributed by atoms with E-state index in [9.17, 15) is 4.79 Å². The van der Waals surface area contributed by atoms with E-state index in [2.05, 4.69) is 15.5 Å².